The summed E-state index contributed by atoms with van der Waals surface area (Å²) in [5, 5.41) is 3.86. The van der Waals surface area contributed by atoms with Crippen molar-refractivity contribution in [3.8, 4) is 11.5 Å². The monoisotopic (exact) mass is 464 g/mol. The first-order valence-electron chi connectivity index (χ1n) is 10.4. The molecule has 0 bridgehead atoms. The predicted octanol–water partition coefficient (Wildman–Crippen LogP) is 7.97. The van der Waals surface area contributed by atoms with Crippen LogP contribution in [0.3, 0.4) is 0 Å². The lowest BCUT2D eigenvalue weighted by Gasteiger charge is -2.07. The summed E-state index contributed by atoms with van der Waals surface area (Å²) < 4.78 is 5.92. The largest absolute Gasteiger partial charge is 0.436 e. The van der Waals surface area contributed by atoms with Crippen LogP contribution in [0, 0.1) is 0 Å². The van der Waals surface area contributed by atoms with Crippen molar-refractivity contribution < 1.29 is 9.21 Å². The molecule has 1 heterocycles. The van der Waals surface area contributed by atoms with Crippen LogP contribution in [0.25, 0.3) is 28.6 Å². The number of hydrogen-bond donors (Lipinski definition) is 1. The Morgan fingerprint density at radius 2 is 1.88 bits per heavy atom. The van der Waals surface area contributed by atoms with Gasteiger partial charge in [0.2, 0.25) is 11.8 Å². The van der Waals surface area contributed by atoms with Crippen molar-refractivity contribution in [3.63, 3.8) is 0 Å². The number of rotatable bonds is 6. The molecular formula is C26H22Cl2N2O2. The summed E-state index contributed by atoms with van der Waals surface area (Å²) in [6.45, 7) is 4.38. The van der Waals surface area contributed by atoms with E-state index < -0.39 is 0 Å². The van der Waals surface area contributed by atoms with E-state index >= 15 is 0 Å². The molecule has 0 radical (unpaired) electrons. The standard InChI is InChI=1S/C26H22Cl2N2O2/c1-3-16(2)19-7-12-24-23(14-19)30-26(32-24)18-5-10-21(11-6-18)29-25(31)13-8-17-4-9-20(27)15-22(17)28/h4-16H,3H2,1-2H3,(H,29,31)/b13-8+. The van der Waals surface area contributed by atoms with Gasteiger partial charge in [-0.1, -0.05) is 49.2 Å². The van der Waals surface area contributed by atoms with Gasteiger partial charge < -0.3 is 9.73 Å². The van der Waals surface area contributed by atoms with Crippen LogP contribution in [-0.2, 0) is 4.79 Å². The quantitative estimate of drug-likeness (QED) is 0.294. The van der Waals surface area contributed by atoms with E-state index in [0.29, 0.717) is 33.1 Å². The Balaban J connectivity index is 1.45. The summed E-state index contributed by atoms with van der Waals surface area (Å²) in [5.74, 6) is 0.770. The second-order valence-corrected chi connectivity index (χ2v) is 8.46. The molecule has 1 atom stereocenters. The third-order valence-electron chi connectivity index (χ3n) is 5.37. The van der Waals surface area contributed by atoms with Crippen LogP contribution in [0.5, 0.6) is 0 Å². The molecule has 0 fully saturated rings. The van der Waals surface area contributed by atoms with Crippen molar-refractivity contribution in [2.75, 3.05) is 5.32 Å². The van der Waals surface area contributed by atoms with Gasteiger partial charge in [-0.05, 0) is 78.1 Å². The lowest BCUT2D eigenvalue weighted by atomic mass is 9.98. The summed E-state index contributed by atoms with van der Waals surface area (Å²) in [5.41, 5.74) is 5.09. The zero-order valence-corrected chi connectivity index (χ0v) is 19.2. The molecule has 0 saturated carbocycles. The van der Waals surface area contributed by atoms with Gasteiger partial charge in [0.1, 0.15) is 5.52 Å². The second-order valence-electron chi connectivity index (χ2n) is 7.62. The maximum absolute atomic E-state index is 12.3. The Kier molecular flexibility index (Phi) is 6.63. The molecule has 1 N–H and O–H groups in total. The summed E-state index contributed by atoms with van der Waals surface area (Å²) in [4.78, 5) is 16.9. The Bertz CT molecular complexity index is 1290. The van der Waals surface area contributed by atoms with Gasteiger partial charge in [-0.15, -0.1) is 0 Å². The fourth-order valence-electron chi connectivity index (χ4n) is 3.29. The lowest BCUT2D eigenvalue weighted by Crippen LogP contribution is -2.07. The molecule has 3 aromatic carbocycles. The van der Waals surface area contributed by atoms with Gasteiger partial charge in [0.25, 0.3) is 0 Å². The van der Waals surface area contributed by atoms with Crippen LogP contribution in [0.15, 0.2) is 71.2 Å². The first-order valence-corrected chi connectivity index (χ1v) is 11.1. The number of carbonyl (C=O) groups is 1. The fourth-order valence-corrected chi connectivity index (χ4v) is 3.76. The highest BCUT2D eigenvalue weighted by molar-refractivity contribution is 6.35. The lowest BCUT2D eigenvalue weighted by molar-refractivity contribution is -0.111. The third-order valence-corrected chi connectivity index (χ3v) is 5.93. The Labute approximate surface area is 196 Å². The molecule has 0 saturated heterocycles. The topological polar surface area (TPSA) is 55.1 Å². The first kappa shape index (κ1) is 22.1. The van der Waals surface area contributed by atoms with Crippen molar-refractivity contribution in [1.29, 1.82) is 0 Å². The number of nitrogens with zero attached hydrogens (tertiary/aromatic N) is 1. The van der Waals surface area contributed by atoms with Gasteiger partial charge in [-0.25, -0.2) is 4.98 Å². The number of hydrogen-bond acceptors (Lipinski definition) is 3. The van der Waals surface area contributed by atoms with Gasteiger partial charge >= 0.3 is 0 Å². The number of aromatic nitrogens is 1. The molecule has 0 spiro atoms. The maximum Gasteiger partial charge on any atom is 0.248 e. The minimum atomic E-state index is -0.261. The van der Waals surface area contributed by atoms with Gasteiger partial charge in [0, 0.05) is 27.4 Å². The van der Waals surface area contributed by atoms with Crippen molar-refractivity contribution >= 4 is 52.0 Å². The molecule has 0 aliphatic heterocycles. The number of nitrogens with one attached hydrogen (secondary N) is 1. The first-order chi connectivity index (χ1) is 15.4. The summed E-state index contributed by atoms with van der Waals surface area (Å²) >= 11 is 12.0. The Morgan fingerprint density at radius 1 is 1.09 bits per heavy atom. The third kappa shape index (κ3) is 5.04. The predicted molar refractivity (Wildman–Crippen MR) is 132 cm³/mol. The van der Waals surface area contributed by atoms with Crippen molar-refractivity contribution in [1.82, 2.24) is 4.98 Å². The molecule has 162 valence electrons. The number of amides is 1. The Morgan fingerprint density at radius 3 is 2.59 bits per heavy atom. The van der Waals surface area contributed by atoms with Gasteiger partial charge in [-0.2, -0.15) is 0 Å². The molecule has 1 amide bonds. The molecule has 4 nitrogen and oxygen atoms in total. The van der Waals surface area contributed by atoms with Crippen molar-refractivity contribution in [3.05, 3.63) is 87.9 Å². The highest BCUT2D eigenvalue weighted by atomic mass is 35.5. The van der Waals surface area contributed by atoms with Crippen LogP contribution in [-0.4, -0.2) is 10.9 Å². The molecule has 0 aliphatic carbocycles. The van der Waals surface area contributed by atoms with Crippen LogP contribution in [0.1, 0.15) is 37.3 Å². The van der Waals surface area contributed by atoms with Crippen LogP contribution < -0.4 is 5.32 Å². The zero-order chi connectivity index (χ0) is 22.7. The SMILES string of the molecule is CCC(C)c1ccc2oc(-c3ccc(NC(=O)/C=C/c4ccc(Cl)cc4Cl)cc3)nc2c1. The van der Waals surface area contributed by atoms with E-state index in [0.717, 1.165) is 23.1 Å². The van der Waals surface area contributed by atoms with Gasteiger partial charge in [-0.3, -0.25) is 4.79 Å². The number of fused-ring (bicyclic) bond motifs is 1. The smallest absolute Gasteiger partial charge is 0.248 e. The van der Waals surface area contributed by atoms with Gasteiger partial charge in [0.05, 0.1) is 0 Å². The van der Waals surface area contributed by atoms with Crippen LogP contribution in [0.4, 0.5) is 5.69 Å². The average Bonchev–Trinajstić information content (AvgIpc) is 3.22. The fraction of sp³-hybridized carbons (Fsp3) is 0.154. The highest BCUT2D eigenvalue weighted by Gasteiger charge is 2.11. The van der Waals surface area contributed by atoms with E-state index in [9.17, 15) is 4.79 Å². The van der Waals surface area contributed by atoms with Gasteiger partial charge in [0.15, 0.2) is 5.58 Å². The molecule has 32 heavy (non-hydrogen) atoms. The number of carbonyl (C=O) groups excluding carboxylic acids is 1. The molecule has 4 aromatic rings. The zero-order valence-electron chi connectivity index (χ0n) is 17.7. The second kappa shape index (κ2) is 9.60. The molecule has 4 rings (SSSR count). The number of anilines is 1. The molecular weight excluding hydrogens is 443 g/mol. The minimum Gasteiger partial charge on any atom is -0.436 e. The molecule has 6 heteroatoms. The Hall–Kier alpha value is -3.08. The number of benzene rings is 3. The van der Waals surface area contributed by atoms with E-state index in [1.165, 1.54) is 11.6 Å². The van der Waals surface area contributed by atoms with E-state index in [1.54, 1.807) is 24.3 Å². The summed E-state index contributed by atoms with van der Waals surface area (Å²) in [6, 6.07) is 18.6. The van der Waals surface area contributed by atoms with E-state index in [2.05, 4.69) is 36.3 Å². The highest BCUT2D eigenvalue weighted by Crippen LogP contribution is 2.28. The van der Waals surface area contributed by atoms with E-state index in [1.807, 2.05) is 30.3 Å². The normalized spacial score (nSPS) is 12.4. The molecule has 1 unspecified atom stereocenters. The van der Waals surface area contributed by atoms with Crippen LogP contribution in [0.2, 0.25) is 10.0 Å². The number of oxazole rings is 1. The van der Waals surface area contributed by atoms with E-state index in [-0.39, 0.29) is 5.91 Å². The minimum absolute atomic E-state index is 0.261. The molecule has 1 aromatic heterocycles. The average molecular weight is 465 g/mol. The van der Waals surface area contributed by atoms with Crippen LogP contribution >= 0.6 is 23.2 Å². The number of halogens is 2. The van der Waals surface area contributed by atoms with Crippen molar-refractivity contribution in [2.45, 2.75) is 26.2 Å². The van der Waals surface area contributed by atoms with E-state index in [4.69, 9.17) is 27.6 Å². The summed E-state index contributed by atoms with van der Waals surface area (Å²) in [7, 11) is 0. The summed E-state index contributed by atoms with van der Waals surface area (Å²) in [6.07, 6.45) is 4.15. The van der Waals surface area contributed by atoms with Crippen molar-refractivity contribution in [2.24, 2.45) is 0 Å². The maximum atomic E-state index is 12.3. The molecule has 0 aliphatic rings.